The highest BCUT2D eigenvalue weighted by Crippen LogP contribution is 2.23. The molecule has 3 heteroatoms. The molecule has 2 unspecified atom stereocenters. The zero-order valence-corrected chi connectivity index (χ0v) is 20.5. The summed E-state index contributed by atoms with van der Waals surface area (Å²) < 4.78 is 0.958. The third-order valence-electron chi connectivity index (χ3n) is 7.00. The van der Waals surface area contributed by atoms with Gasteiger partial charge in [0.05, 0.1) is 19.4 Å². The van der Waals surface area contributed by atoms with Gasteiger partial charge in [0.25, 0.3) is 0 Å². The van der Waals surface area contributed by atoms with Crippen LogP contribution in [0.4, 0.5) is 0 Å². The molecule has 176 valence electrons. The molecule has 1 aliphatic heterocycles. The topological polar surface area (TPSA) is 32.6 Å². The van der Waals surface area contributed by atoms with E-state index in [2.05, 4.69) is 32.2 Å². The molecule has 0 saturated carbocycles. The van der Waals surface area contributed by atoms with Gasteiger partial charge in [-0.1, -0.05) is 96.1 Å². The van der Waals surface area contributed by atoms with Crippen LogP contribution >= 0.6 is 0 Å². The lowest BCUT2D eigenvalue weighted by Crippen LogP contribution is -2.53. The van der Waals surface area contributed by atoms with Gasteiger partial charge in [0.1, 0.15) is 13.1 Å². The fourth-order valence-corrected chi connectivity index (χ4v) is 4.81. The minimum absolute atomic E-state index is 0.271. The molecule has 0 spiro atoms. The van der Waals surface area contributed by atoms with Crippen molar-refractivity contribution in [3.05, 3.63) is 12.2 Å². The zero-order valence-electron chi connectivity index (χ0n) is 20.5. The minimum atomic E-state index is 0.271. The molecule has 30 heavy (non-hydrogen) atoms. The quantitative estimate of drug-likeness (QED) is 0.117. The van der Waals surface area contributed by atoms with E-state index in [-0.39, 0.29) is 6.61 Å². The predicted molar refractivity (Wildman–Crippen MR) is 133 cm³/mol. The molecule has 0 bridgehead atoms. The molecular weight excluding hydrogens is 368 g/mol. The van der Waals surface area contributed by atoms with E-state index >= 15 is 0 Å². The maximum atomic E-state index is 9.39. The molecule has 2 atom stereocenters. The Balaban J connectivity index is 1.87. The van der Waals surface area contributed by atoms with E-state index in [4.69, 9.17) is 4.99 Å². The second-order valence-electron chi connectivity index (χ2n) is 9.41. The Kier molecular flexibility index (Phi) is 17.4. The van der Waals surface area contributed by atoms with E-state index in [1.807, 2.05) is 0 Å². The monoisotopic (exact) mass is 421 g/mol. The van der Waals surface area contributed by atoms with Crippen molar-refractivity contribution in [3.8, 4) is 0 Å². The molecule has 0 aromatic carbocycles. The molecule has 0 aromatic heterocycles. The van der Waals surface area contributed by atoms with Gasteiger partial charge in [0.15, 0.2) is 6.17 Å². The summed E-state index contributed by atoms with van der Waals surface area (Å²) in [6.07, 6.45) is 30.6. The van der Waals surface area contributed by atoms with Crippen molar-refractivity contribution in [2.45, 2.75) is 129 Å². The number of rotatable bonds is 21. The Morgan fingerprint density at radius 2 is 1.33 bits per heavy atom. The maximum Gasteiger partial charge on any atom is 0.182 e. The molecule has 1 aliphatic rings. The van der Waals surface area contributed by atoms with Gasteiger partial charge < -0.3 is 5.11 Å². The summed E-state index contributed by atoms with van der Waals surface area (Å²) in [5.74, 6) is 0. The first-order valence-corrected chi connectivity index (χ1v) is 13.4. The summed E-state index contributed by atoms with van der Waals surface area (Å²) in [6, 6.07) is 0. The third-order valence-corrected chi connectivity index (χ3v) is 7.00. The normalized spacial score (nSPS) is 21.2. The van der Waals surface area contributed by atoms with Crippen LogP contribution in [-0.2, 0) is 0 Å². The lowest BCUT2D eigenvalue weighted by atomic mass is 10.0. The molecule has 0 aromatic rings. The SMILES string of the molecule is CCCCCCCCCCCCCCC/C=C/CCCC1N=CC[N+]1(CC)CCO. The van der Waals surface area contributed by atoms with Gasteiger partial charge in [0.2, 0.25) is 0 Å². The molecule has 1 heterocycles. The summed E-state index contributed by atoms with van der Waals surface area (Å²) in [5.41, 5.74) is 0. The van der Waals surface area contributed by atoms with Gasteiger partial charge >= 0.3 is 0 Å². The Hall–Kier alpha value is -0.670. The molecule has 0 amide bonds. The number of quaternary nitrogens is 1. The van der Waals surface area contributed by atoms with Crippen LogP contribution < -0.4 is 0 Å². The van der Waals surface area contributed by atoms with Crippen LogP contribution in [0.1, 0.15) is 123 Å². The van der Waals surface area contributed by atoms with Crippen molar-refractivity contribution >= 4 is 6.21 Å². The van der Waals surface area contributed by atoms with Crippen LogP contribution in [0.2, 0.25) is 0 Å². The first-order chi connectivity index (χ1) is 14.8. The van der Waals surface area contributed by atoms with Crippen LogP contribution in [-0.4, -0.2) is 48.2 Å². The van der Waals surface area contributed by atoms with Gasteiger partial charge in [-0.2, -0.15) is 0 Å². The number of unbranched alkanes of at least 4 members (excludes halogenated alkanes) is 14. The van der Waals surface area contributed by atoms with Crippen molar-refractivity contribution in [1.82, 2.24) is 0 Å². The number of aliphatic imine (C=N–C) groups is 1. The molecule has 1 N–H and O–H groups in total. The summed E-state index contributed by atoms with van der Waals surface area (Å²) in [6.45, 7) is 7.70. The fraction of sp³-hybridized carbons (Fsp3) is 0.889. The highest BCUT2D eigenvalue weighted by molar-refractivity contribution is 5.60. The fourth-order valence-electron chi connectivity index (χ4n) is 4.81. The van der Waals surface area contributed by atoms with Crippen molar-refractivity contribution in [3.63, 3.8) is 0 Å². The molecule has 0 aliphatic carbocycles. The van der Waals surface area contributed by atoms with Crippen LogP contribution in [0.15, 0.2) is 17.1 Å². The summed E-state index contributed by atoms with van der Waals surface area (Å²) in [4.78, 5) is 4.70. The second-order valence-corrected chi connectivity index (χ2v) is 9.41. The van der Waals surface area contributed by atoms with Crippen molar-refractivity contribution in [2.75, 3.05) is 26.2 Å². The van der Waals surface area contributed by atoms with Gasteiger partial charge in [-0.3, -0.25) is 4.48 Å². The molecule has 3 nitrogen and oxygen atoms in total. The van der Waals surface area contributed by atoms with Gasteiger partial charge in [-0.15, -0.1) is 0 Å². The zero-order chi connectivity index (χ0) is 21.8. The van der Waals surface area contributed by atoms with Crippen molar-refractivity contribution in [2.24, 2.45) is 4.99 Å². The van der Waals surface area contributed by atoms with Crippen LogP contribution in [0.3, 0.4) is 0 Å². The predicted octanol–water partition coefficient (Wildman–Crippen LogP) is 7.43. The Morgan fingerprint density at radius 3 is 1.87 bits per heavy atom. The summed E-state index contributed by atoms with van der Waals surface area (Å²) in [7, 11) is 0. The molecule has 0 radical (unpaired) electrons. The largest absolute Gasteiger partial charge is 0.391 e. The summed E-state index contributed by atoms with van der Waals surface area (Å²) >= 11 is 0. The van der Waals surface area contributed by atoms with Crippen molar-refractivity contribution < 1.29 is 9.59 Å². The molecular formula is C27H53N2O+. The smallest absolute Gasteiger partial charge is 0.182 e. The third kappa shape index (κ3) is 12.2. The average Bonchev–Trinajstić information content (AvgIpc) is 3.16. The number of allylic oxidation sites excluding steroid dienone is 2. The van der Waals surface area contributed by atoms with E-state index in [9.17, 15) is 5.11 Å². The first kappa shape index (κ1) is 27.4. The number of nitrogens with zero attached hydrogens (tertiary/aromatic N) is 2. The molecule has 0 fully saturated rings. The van der Waals surface area contributed by atoms with Crippen LogP contribution in [0, 0.1) is 0 Å². The highest BCUT2D eigenvalue weighted by atomic mass is 16.3. The van der Waals surface area contributed by atoms with E-state index in [0.717, 1.165) is 30.5 Å². The summed E-state index contributed by atoms with van der Waals surface area (Å²) in [5, 5.41) is 9.39. The van der Waals surface area contributed by atoms with Gasteiger partial charge in [-0.25, -0.2) is 4.99 Å². The van der Waals surface area contributed by atoms with E-state index in [0.29, 0.717) is 6.17 Å². The Morgan fingerprint density at radius 1 is 0.800 bits per heavy atom. The highest BCUT2D eigenvalue weighted by Gasteiger charge is 2.36. The van der Waals surface area contributed by atoms with Crippen LogP contribution in [0.5, 0.6) is 0 Å². The van der Waals surface area contributed by atoms with Gasteiger partial charge in [0, 0.05) is 6.42 Å². The maximum absolute atomic E-state index is 9.39. The Bertz CT molecular complexity index is 435. The number of aliphatic hydroxyl groups excluding tert-OH is 1. The van der Waals surface area contributed by atoms with Crippen LogP contribution in [0.25, 0.3) is 0 Å². The standard InChI is InChI=1S/C27H53N2O/c1-3-5-6-7-8-9-10-11-12-13-14-15-16-17-18-19-20-21-22-27-28-23-24-29(27,4-2)25-26-30/h18-19,23,27,30H,3-17,20-22,24-26H2,1-2H3/q+1/b19-18+. The lowest BCUT2D eigenvalue weighted by molar-refractivity contribution is -0.936. The average molecular weight is 422 g/mol. The minimum Gasteiger partial charge on any atom is -0.391 e. The number of hydrogen-bond donors (Lipinski definition) is 1. The number of aliphatic hydroxyl groups is 1. The Labute approximate surface area is 188 Å². The number of hydrogen-bond acceptors (Lipinski definition) is 2. The molecule has 1 rings (SSSR count). The van der Waals surface area contributed by atoms with Crippen molar-refractivity contribution in [1.29, 1.82) is 0 Å². The molecule has 0 saturated heterocycles. The van der Waals surface area contributed by atoms with E-state index in [1.54, 1.807) is 0 Å². The van der Waals surface area contributed by atoms with Gasteiger partial charge in [-0.05, 0) is 32.6 Å². The first-order valence-electron chi connectivity index (χ1n) is 13.4. The lowest BCUT2D eigenvalue weighted by Gasteiger charge is -2.37. The van der Waals surface area contributed by atoms with E-state index < -0.39 is 0 Å². The van der Waals surface area contributed by atoms with E-state index in [1.165, 1.54) is 103 Å². The number of likely N-dealkylation sites (N-methyl/N-ethyl adjacent to an activating group) is 1. The second kappa shape index (κ2) is 19.0.